The van der Waals surface area contributed by atoms with Gasteiger partial charge in [0.15, 0.2) is 0 Å². The van der Waals surface area contributed by atoms with Crippen molar-refractivity contribution in [3.8, 4) is 0 Å². The molecule has 1 aliphatic rings. The Hall–Kier alpha value is -0.300. The van der Waals surface area contributed by atoms with Crippen molar-refractivity contribution in [2.24, 2.45) is 0 Å². The number of piperidine rings is 1. The van der Waals surface area contributed by atoms with Crippen LogP contribution in [0, 0.1) is 0 Å². The van der Waals surface area contributed by atoms with Crippen molar-refractivity contribution in [2.75, 3.05) is 17.8 Å². The van der Waals surface area contributed by atoms with Gasteiger partial charge in [0, 0.05) is 17.6 Å². The molecule has 1 aliphatic heterocycles. The number of nitrogens with one attached hydrogen (secondary N) is 1. The second-order valence-electron chi connectivity index (χ2n) is 4.20. The van der Waals surface area contributed by atoms with Gasteiger partial charge in [-0.1, -0.05) is 18.0 Å². The van der Waals surface area contributed by atoms with E-state index >= 15 is 0 Å². The van der Waals surface area contributed by atoms with Gasteiger partial charge in [-0.15, -0.1) is 0 Å². The van der Waals surface area contributed by atoms with E-state index < -0.39 is 10.2 Å². The van der Waals surface area contributed by atoms with Gasteiger partial charge in [0.25, 0.3) is 0 Å². The molecule has 0 unspecified atom stereocenters. The van der Waals surface area contributed by atoms with Gasteiger partial charge >= 0.3 is 10.2 Å². The van der Waals surface area contributed by atoms with Gasteiger partial charge in [0.05, 0.1) is 10.7 Å². The van der Waals surface area contributed by atoms with Crippen LogP contribution in [0.4, 0.5) is 5.69 Å². The van der Waals surface area contributed by atoms with E-state index in [1.165, 1.54) is 4.31 Å². The molecule has 100 valence electrons. The zero-order chi connectivity index (χ0) is 13.2. The first-order valence-corrected chi connectivity index (χ1v) is 8.33. The highest BCUT2D eigenvalue weighted by Gasteiger charge is 2.23. The minimum atomic E-state index is -3.46. The fourth-order valence-electron chi connectivity index (χ4n) is 1.88. The van der Waals surface area contributed by atoms with Crippen LogP contribution in [0.1, 0.15) is 19.3 Å². The Labute approximate surface area is 121 Å². The summed E-state index contributed by atoms with van der Waals surface area (Å²) in [6.45, 7) is 1.17. The van der Waals surface area contributed by atoms with Gasteiger partial charge in [-0.2, -0.15) is 12.7 Å². The summed E-state index contributed by atoms with van der Waals surface area (Å²) in [5.41, 5.74) is 0.480. The molecule has 1 heterocycles. The number of hydrogen-bond donors (Lipinski definition) is 1. The van der Waals surface area contributed by atoms with Crippen LogP contribution < -0.4 is 4.72 Å². The molecular weight excluding hydrogens is 340 g/mol. The Bertz CT molecular complexity index is 530. The van der Waals surface area contributed by atoms with Gasteiger partial charge in [0.1, 0.15) is 0 Å². The van der Waals surface area contributed by atoms with Crippen molar-refractivity contribution < 1.29 is 8.42 Å². The fraction of sp³-hybridized carbons (Fsp3) is 0.455. The van der Waals surface area contributed by atoms with Crippen molar-refractivity contribution in [2.45, 2.75) is 19.3 Å². The van der Waals surface area contributed by atoms with E-state index in [-0.39, 0.29) is 0 Å². The lowest BCUT2D eigenvalue weighted by Gasteiger charge is -2.26. The number of halogens is 2. The summed E-state index contributed by atoms with van der Waals surface area (Å²) in [5.74, 6) is 0. The van der Waals surface area contributed by atoms with Crippen LogP contribution in [-0.2, 0) is 10.2 Å². The average Bonchev–Trinajstić information content (AvgIpc) is 2.35. The number of benzene rings is 1. The molecule has 4 nitrogen and oxygen atoms in total. The third-order valence-electron chi connectivity index (χ3n) is 2.82. The van der Waals surface area contributed by atoms with Crippen molar-refractivity contribution in [1.82, 2.24) is 4.31 Å². The SMILES string of the molecule is O=S(=O)(Nc1ccc(Br)c(Cl)c1)N1CCCCC1. The highest BCUT2D eigenvalue weighted by atomic mass is 79.9. The van der Waals surface area contributed by atoms with E-state index in [1.807, 2.05) is 0 Å². The monoisotopic (exact) mass is 352 g/mol. The van der Waals surface area contributed by atoms with Crippen LogP contribution in [0.15, 0.2) is 22.7 Å². The number of hydrogen-bond acceptors (Lipinski definition) is 2. The van der Waals surface area contributed by atoms with Gasteiger partial charge < -0.3 is 0 Å². The van der Waals surface area contributed by atoms with Crippen LogP contribution in [-0.4, -0.2) is 25.8 Å². The molecule has 2 rings (SSSR count). The zero-order valence-corrected chi connectivity index (χ0v) is 12.9. The first-order chi connectivity index (χ1) is 8.49. The molecule has 1 saturated heterocycles. The maximum Gasteiger partial charge on any atom is 0.301 e. The standard InChI is InChI=1S/C11H14BrClN2O2S/c12-10-5-4-9(8-11(10)13)14-18(16,17)15-6-2-1-3-7-15/h4-5,8,14H,1-3,6-7H2. The molecule has 1 fully saturated rings. The smallest absolute Gasteiger partial charge is 0.271 e. The molecule has 0 saturated carbocycles. The topological polar surface area (TPSA) is 49.4 Å². The lowest BCUT2D eigenvalue weighted by Crippen LogP contribution is -2.39. The molecule has 0 atom stereocenters. The Morgan fingerprint density at radius 3 is 2.50 bits per heavy atom. The second-order valence-corrected chi connectivity index (χ2v) is 7.13. The second kappa shape index (κ2) is 5.77. The lowest BCUT2D eigenvalue weighted by atomic mass is 10.2. The summed E-state index contributed by atoms with van der Waals surface area (Å²) in [5, 5.41) is 0.480. The van der Waals surface area contributed by atoms with Crippen molar-refractivity contribution in [3.63, 3.8) is 0 Å². The maximum atomic E-state index is 12.1. The van der Waals surface area contributed by atoms with Crippen molar-refractivity contribution in [3.05, 3.63) is 27.7 Å². The van der Waals surface area contributed by atoms with Crippen LogP contribution in [0.5, 0.6) is 0 Å². The molecule has 0 radical (unpaired) electrons. The fourth-order valence-corrected chi connectivity index (χ4v) is 3.60. The zero-order valence-electron chi connectivity index (χ0n) is 9.70. The van der Waals surface area contributed by atoms with Gasteiger partial charge in [-0.05, 0) is 47.0 Å². The molecule has 0 aliphatic carbocycles. The Morgan fingerprint density at radius 2 is 1.89 bits per heavy atom. The molecular formula is C11H14BrClN2O2S. The molecule has 18 heavy (non-hydrogen) atoms. The van der Waals surface area contributed by atoms with E-state index in [9.17, 15) is 8.42 Å². The van der Waals surface area contributed by atoms with E-state index in [0.29, 0.717) is 23.8 Å². The summed E-state index contributed by atoms with van der Waals surface area (Å²) in [6, 6.07) is 4.99. The summed E-state index contributed by atoms with van der Waals surface area (Å²) in [4.78, 5) is 0. The Morgan fingerprint density at radius 1 is 1.22 bits per heavy atom. The number of anilines is 1. The highest BCUT2D eigenvalue weighted by molar-refractivity contribution is 9.10. The summed E-state index contributed by atoms with van der Waals surface area (Å²) in [6.07, 6.45) is 2.93. The highest BCUT2D eigenvalue weighted by Crippen LogP contribution is 2.26. The molecule has 1 aromatic rings. The van der Waals surface area contributed by atoms with Crippen molar-refractivity contribution in [1.29, 1.82) is 0 Å². The predicted octanol–water partition coefficient (Wildman–Crippen LogP) is 3.25. The molecule has 1 aromatic carbocycles. The minimum absolute atomic E-state index is 0.480. The van der Waals surface area contributed by atoms with Crippen molar-refractivity contribution >= 4 is 43.4 Å². The summed E-state index contributed by atoms with van der Waals surface area (Å²) >= 11 is 9.20. The quantitative estimate of drug-likeness (QED) is 0.907. The Kier molecular flexibility index (Phi) is 4.53. The first kappa shape index (κ1) is 14.1. The maximum absolute atomic E-state index is 12.1. The molecule has 0 bridgehead atoms. The van der Waals surface area contributed by atoms with E-state index in [4.69, 9.17) is 11.6 Å². The van der Waals surface area contributed by atoms with E-state index in [0.717, 1.165) is 23.7 Å². The minimum Gasteiger partial charge on any atom is -0.271 e. The third-order valence-corrected chi connectivity index (χ3v) is 5.59. The van der Waals surface area contributed by atoms with Crippen LogP contribution in [0.2, 0.25) is 5.02 Å². The molecule has 0 aromatic heterocycles. The largest absolute Gasteiger partial charge is 0.301 e. The molecule has 0 spiro atoms. The lowest BCUT2D eigenvalue weighted by molar-refractivity contribution is 0.349. The normalized spacial score (nSPS) is 17.7. The summed E-state index contributed by atoms with van der Waals surface area (Å²) in [7, 11) is -3.46. The van der Waals surface area contributed by atoms with Crippen LogP contribution in [0.3, 0.4) is 0 Å². The van der Waals surface area contributed by atoms with E-state index in [2.05, 4.69) is 20.7 Å². The summed E-state index contributed by atoms with van der Waals surface area (Å²) < 4.78 is 29.0. The predicted molar refractivity (Wildman–Crippen MR) is 77.1 cm³/mol. The average molecular weight is 354 g/mol. The molecule has 0 amide bonds. The van der Waals surface area contributed by atoms with E-state index in [1.54, 1.807) is 18.2 Å². The first-order valence-electron chi connectivity index (χ1n) is 5.72. The number of nitrogens with zero attached hydrogens (tertiary/aromatic N) is 1. The molecule has 7 heteroatoms. The number of rotatable bonds is 3. The van der Waals surface area contributed by atoms with Crippen LogP contribution >= 0.6 is 27.5 Å². The van der Waals surface area contributed by atoms with Gasteiger partial charge in [-0.25, -0.2) is 0 Å². The van der Waals surface area contributed by atoms with Crippen LogP contribution in [0.25, 0.3) is 0 Å². The Balaban J connectivity index is 2.13. The van der Waals surface area contributed by atoms with Gasteiger partial charge in [-0.3, -0.25) is 4.72 Å². The molecule has 1 N–H and O–H groups in total. The van der Waals surface area contributed by atoms with Gasteiger partial charge in [0.2, 0.25) is 0 Å². The third kappa shape index (κ3) is 3.38.